The van der Waals surface area contributed by atoms with Gasteiger partial charge in [-0.3, -0.25) is 9.36 Å². The van der Waals surface area contributed by atoms with Gasteiger partial charge in [-0.2, -0.15) is 0 Å². The van der Waals surface area contributed by atoms with Crippen molar-refractivity contribution in [2.24, 2.45) is 5.41 Å². The van der Waals surface area contributed by atoms with Gasteiger partial charge in [-0.15, -0.1) is 5.10 Å². The lowest BCUT2D eigenvalue weighted by Gasteiger charge is -2.19. The summed E-state index contributed by atoms with van der Waals surface area (Å²) in [6, 6.07) is 25.2. The van der Waals surface area contributed by atoms with Gasteiger partial charge in [-0.05, 0) is 51.6 Å². The predicted molar refractivity (Wildman–Crippen MR) is 163 cm³/mol. The number of imidazole rings is 1. The first-order valence-corrected chi connectivity index (χ1v) is 14.0. The molecule has 212 valence electrons. The summed E-state index contributed by atoms with van der Waals surface area (Å²) >= 11 is 0. The molecule has 3 aromatic heterocycles. The highest BCUT2D eigenvalue weighted by Crippen LogP contribution is 2.30. The van der Waals surface area contributed by atoms with E-state index in [9.17, 15) is 9.59 Å². The minimum absolute atomic E-state index is 0.0853. The van der Waals surface area contributed by atoms with E-state index < -0.39 is 5.69 Å². The number of para-hydroxylation sites is 1. The summed E-state index contributed by atoms with van der Waals surface area (Å²) in [6.07, 6.45) is 0.640. The zero-order valence-corrected chi connectivity index (χ0v) is 24.1. The highest BCUT2D eigenvalue weighted by atomic mass is 16.2. The monoisotopic (exact) mass is 560 g/mol. The Kier molecular flexibility index (Phi) is 6.89. The number of aromatic nitrogens is 8. The number of benzene rings is 3. The van der Waals surface area contributed by atoms with Gasteiger partial charge in [0.25, 0.3) is 5.56 Å². The van der Waals surface area contributed by atoms with Gasteiger partial charge in [-0.25, -0.2) is 19.4 Å². The average Bonchev–Trinajstić information content (AvgIpc) is 3.63. The lowest BCUT2D eigenvalue weighted by molar-refractivity contribution is 0.394. The van der Waals surface area contributed by atoms with Crippen LogP contribution in [0.4, 0.5) is 0 Å². The van der Waals surface area contributed by atoms with Crippen LogP contribution in [-0.2, 0) is 19.5 Å². The number of tetrazole rings is 1. The fourth-order valence-electron chi connectivity index (χ4n) is 5.34. The minimum Gasteiger partial charge on any atom is -0.318 e. The predicted octanol–water partition coefficient (Wildman–Crippen LogP) is 4.85. The molecule has 3 heterocycles. The van der Waals surface area contributed by atoms with Crippen LogP contribution in [0.1, 0.15) is 39.1 Å². The maximum atomic E-state index is 14.1. The largest absolute Gasteiger partial charge is 0.337 e. The SMILES string of the molecule is CCn1c(=O)n(-c2ccccc2)c(=O)c2c1nc(CC(C)(C)C)n2Cc1ccc(-c2ccccc2-c2nnn[nH]2)cc1. The number of nitrogens with zero attached hydrogens (tertiary/aromatic N) is 7. The number of aromatic amines is 1. The van der Waals surface area contributed by atoms with Gasteiger partial charge in [0.05, 0.1) is 5.69 Å². The smallest absolute Gasteiger partial charge is 0.318 e. The summed E-state index contributed by atoms with van der Waals surface area (Å²) in [7, 11) is 0. The van der Waals surface area contributed by atoms with Crippen molar-refractivity contribution >= 4 is 11.2 Å². The van der Waals surface area contributed by atoms with Crippen molar-refractivity contribution in [2.45, 2.75) is 47.2 Å². The zero-order chi connectivity index (χ0) is 29.4. The Hall–Kier alpha value is -5.12. The molecule has 0 amide bonds. The highest BCUT2D eigenvalue weighted by Gasteiger charge is 2.24. The Morgan fingerprint density at radius 3 is 2.17 bits per heavy atom. The molecule has 0 saturated carbocycles. The fourth-order valence-corrected chi connectivity index (χ4v) is 5.34. The number of H-pyrrole nitrogens is 1. The Labute approximate surface area is 242 Å². The van der Waals surface area contributed by atoms with Crippen LogP contribution in [0.3, 0.4) is 0 Å². The molecule has 0 atom stereocenters. The van der Waals surface area contributed by atoms with Crippen molar-refractivity contribution in [1.29, 1.82) is 0 Å². The number of nitrogens with one attached hydrogen (secondary N) is 1. The van der Waals surface area contributed by atoms with Crippen LogP contribution in [0.25, 0.3) is 39.4 Å². The summed E-state index contributed by atoms with van der Waals surface area (Å²) in [4.78, 5) is 32.5. The van der Waals surface area contributed by atoms with E-state index in [-0.39, 0.29) is 11.0 Å². The Morgan fingerprint density at radius 2 is 1.52 bits per heavy atom. The molecule has 0 unspecified atom stereocenters. The molecule has 0 aliphatic rings. The number of hydrogen-bond donors (Lipinski definition) is 1. The molecule has 0 aliphatic carbocycles. The van der Waals surface area contributed by atoms with Crippen LogP contribution in [-0.4, -0.2) is 39.3 Å². The summed E-state index contributed by atoms with van der Waals surface area (Å²) in [5.41, 5.74) is 4.46. The van der Waals surface area contributed by atoms with E-state index in [1.807, 2.05) is 54.0 Å². The second kappa shape index (κ2) is 10.7. The third-order valence-corrected chi connectivity index (χ3v) is 7.26. The van der Waals surface area contributed by atoms with E-state index in [1.165, 1.54) is 4.57 Å². The maximum absolute atomic E-state index is 14.1. The van der Waals surface area contributed by atoms with E-state index in [4.69, 9.17) is 4.98 Å². The number of aryl methyl sites for hydroxylation is 1. The molecular formula is C32H32N8O2. The molecule has 0 saturated heterocycles. The molecule has 0 bridgehead atoms. The van der Waals surface area contributed by atoms with E-state index in [1.54, 1.807) is 16.7 Å². The van der Waals surface area contributed by atoms with Crippen LogP contribution in [0.15, 0.2) is 88.5 Å². The first kappa shape index (κ1) is 27.1. The normalized spacial score (nSPS) is 11.8. The summed E-state index contributed by atoms with van der Waals surface area (Å²) < 4.78 is 4.82. The van der Waals surface area contributed by atoms with Crippen LogP contribution < -0.4 is 11.2 Å². The van der Waals surface area contributed by atoms with Crippen molar-refractivity contribution in [2.75, 3.05) is 0 Å². The molecular weight excluding hydrogens is 528 g/mol. The minimum atomic E-state index is -0.391. The third kappa shape index (κ3) is 4.96. The van der Waals surface area contributed by atoms with Gasteiger partial charge in [0.2, 0.25) is 0 Å². The van der Waals surface area contributed by atoms with Crippen LogP contribution in [0.2, 0.25) is 0 Å². The van der Waals surface area contributed by atoms with Gasteiger partial charge in [0.15, 0.2) is 17.0 Å². The van der Waals surface area contributed by atoms with Crippen molar-refractivity contribution in [1.82, 2.24) is 39.3 Å². The molecule has 1 N–H and O–H groups in total. The summed E-state index contributed by atoms with van der Waals surface area (Å²) in [6.45, 7) is 9.14. The second-order valence-electron chi connectivity index (χ2n) is 11.5. The highest BCUT2D eigenvalue weighted by molar-refractivity contribution is 5.80. The van der Waals surface area contributed by atoms with Gasteiger partial charge in [-0.1, -0.05) is 87.5 Å². The Morgan fingerprint density at radius 1 is 0.833 bits per heavy atom. The molecule has 6 rings (SSSR count). The number of fused-ring (bicyclic) bond motifs is 1. The maximum Gasteiger partial charge on any atom is 0.337 e. The second-order valence-corrected chi connectivity index (χ2v) is 11.5. The molecule has 42 heavy (non-hydrogen) atoms. The summed E-state index contributed by atoms with van der Waals surface area (Å²) in [5.74, 6) is 1.37. The standard InChI is InChI=1S/C32H32N8O2/c1-5-38-29-27(30(41)40(31(38)42)23-11-7-6-8-12-23)39(26(33-29)19-32(2,3)4)20-21-15-17-22(18-16-21)24-13-9-10-14-25(24)28-34-36-37-35-28/h6-18H,5,19-20H2,1-4H3,(H,34,35,36,37). The zero-order valence-electron chi connectivity index (χ0n) is 24.1. The molecule has 0 aliphatic heterocycles. The Balaban J connectivity index is 1.49. The molecule has 0 spiro atoms. The molecule has 3 aromatic carbocycles. The van der Waals surface area contributed by atoms with Gasteiger partial charge in [0.1, 0.15) is 5.82 Å². The Bertz CT molecular complexity index is 1980. The van der Waals surface area contributed by atoms with Crippen molar-refractivity contribution in [3.8, 4) is 28.2 Å². The van der Waals surface area contributed by atoms with E-state index in [2.05, 4.69) is 65.7 Å². The van der Waals surface area contributed by atoms with Crippen LogP contribution in [0, 0.1) is 5.41 Å². The molecule has 10 nitrogen and oxygen atoms in total. The molecule has 6 aromatic rings. The van der Waals surface area contributed by atoms with Crippen molar-refractivity contribution in [3.63, 3.8) is 0 Å². The number of rotatable bonds is 7. The van der Waals surface area contributed by atoms with Crippen LogP contribution in [0.5, 0.6) is 0 Å². The topological polar surface area (TPSA) is 116 Å². The van der Waals surface area contributed by atoms with E-state index >= 15 is 0 Å². The van der Waals surface area contributed by atoms with Crippen molar-refractivity contribution in [3.05, 3.63) is 111 Å². The van der Waals surface area contributed by atoms with Crippen molar-refractivity contribution < 1.29 is 0 Å². The van der Waals surface area contributed by atoms with Gasteiger partial charge < -0.3 is 4.57 Å². The van der Waals surface area contributed by atoms with E-state index in [0.717, 1.165) is 28.1 Å². The van der Waals surface area contributed by atoms with Gasteiger partial charge in [0, 0.05) is 25.1 Å². The fraction of sp³-hybridized carbons (Fsp3) is 0.250. The first-order chi connectivity index (χ1) is 20.2. The molecule has 0 radical (unpaired) electrons. The van der Waals surface area contributed by atoms with E-state index in [0.29, 0.717) is 42.2 Å². The first-order valence-electron chi connectivity index (χ1n) is 14.0. The molecule has 10 heteroatoms. The quantitative estimate of drug-likeness (QED) is 0.298. The molecule has 0 fully saturated rings. The van der Waals surface area contributed by atoms with Crippen LogP contribution >= 0.6 is 0 Å². The number of hydrogen-bond acceptors (Lipinski definition) is 6. The average molecular weight is 561 g/mol. The lowest BCUT2D eigenvalue weighted by atomic mass is 9.92. The third-order valence-electron chi connectivity index (χ3n) is 7.26. The summed E-state index contributed by atoms with van der Waals surface area (Å²) in [5, 5.41) is 14.4. The lowest BCUT2D eigenvalue weighted by Crippen LogP contribution is -2.39. The van der Waals surface area contributed by atoms with Gasteiger partial charge >= 0.3 is 5.69 Å².